The fraction of sp³-hybridized carbons (Fsp3) is 0.837. The maximum absolute atomic E-state index is 12.7. The fourth-order valence-corrected chi connectivity index (χ4v) is 6.79. The number of hydrogen-bond donors (Lipinski definition) is 8. The van der Waals surface area contributed by atoms with Gasteiger partial charge in [0.1, 0.15) is 0 Å². The molecule has 0 saturated heterocycles. The van der Waals surface area contributed by atoms with E-state index < -0.39 is 5.41 Å². The summed E-state index contributed by atoms with van der Waals surface area (Å²) < 4.78 is 67.9. The zero-order valence-electron chi connectivity index (χ0n) is 46.5. The molecule has 0 atom stereocenters. The summed E-state index contributed by atoms with van der Waals surface area (Å²) in [4.78, 5) is 96.0. The summed E-state index contributed by atoms with van der Waals surface area (Å²) in [7, 11) is 0. The molecule has 0 aromatic heterocycles. The lowest BCUT2D eigenvalue weighted by molar-refractivity contribution is -0.130. The molecule has 0 aromatic carbocycles. The molecule has 81 heavy (non-hydrogen) atoms. The van der Waals surface area contributed by atoms with Crippen LogP contribution in [0, 0.1) is 5.41 Å². The Morgan fingerprint density at radius 3 is 0.543 bits per heavy atom. The SMILES string of the molecule is O=C(CBr)NCCOCCOCCNC(=O)CCOCC(COCCC(=O)NCCOCCOCCNC(=O)CBr)(COCCC(=O)NCCOCCOCCNC(=O)CBr)COCCC(=O)NCCOCCOCCNC(=O)CBr. The van der Waals surface area contributed by atoms with Gasteiger partial charge in [0.05, 0.1) is 185 Å². The van der Waals surface area contributed by atoms with Gasteiger partial charge in [-0.05, 0) is 0 Å². The van der Waals surface area contributed by atoms with Gasteiger partial charge in [-0.15, -0.1) is 0 Å². The van der Waals surface area contributed by atoms with Crippen LogP contribution in [0.25, 0.3) is 0 Å². The molecule has 8 amide bonds. The van der Waals surface area contributed by atoms with Crippen molar-refractivity contribution < 1.29 is 95.2 Å². The predicted octanol–water partition coefficient (Wildman–Crippen LogP) is -1.76. The first-order valence-electron chi connectivity index (χ1n) is 26.7. The number of rotatable bonds is 60. The largest absolute Gasteiger partial charge is 0.380 e. The van der Waals surface area contributed by atoms with Crippen molar-refractivity contribution in [2.45, 2.75) is 25.7 Å². The quantitative estimate of drug-likeness (QED) is 0.0247. The van der Waals surface area contributed by atoms with Crippen molar-refractivity contribution >= 4 is 111 Å². The zero-order chi connectivity index (χ0) is 59.5. The second kappa shape index (κ2) is 59.0. The zero-order valence-corrected chi connectivity index (χ0v) is 52.8. The number of carbonyl (C=O) groups is 8. The van der Waals surface area contributed by atoms with Crippen molar-refractivity contribution in [1.82, 2.24) is 42.5 Å². The van der Waals surface area contributed by atoms with Gasteiger partial charge in [0.25, 0.3) is 0 Å². The van der Waals surface area contributed by atoms with E-state index >= 15 is 0 Å². The minimum absolute atomic E-state index is 0.0123. The van der Waals surface area contributed by atoms with Gasteiger partial charge in [-0.2, -0.15) is 0 Å². The van der Waals surface area contributed by atoms with Crippen LogP contribution in [-0.2, 0) is 95.2 Å². The third kappa shape index (κ3) is 54.9. The lowest BCUT2D eigenvalue weighted by Crippen LogP contribution is -2.43. The van der Waals surface area contributed by atoms with Gasteiger partial charge in [0, 0.05) is 78.0 Å². The van der Waals surface area contributed by atoms with Crippen LogP contribution in [-0.4, -0.2) is 280 Å². The molecule has 0 spiro atoms. The van der Waals surface area contributed by atoms with E-state index in [0.717, 1.165) is 0 Å². The van der Waals surface area contributed by atoms with E-state index in [1.807, 2.05) is 0 Å². The van der Waals surface area contributed by atoms with Gasteiger partial charge in [0.15, 0.2) is 0 Å². The van der Waals surface area contributed by atoms with Crippen LogP contribution in [0.15, 0.2) is 0 Å². The Hall–Kier alpha value is -2.80. The summed E-state index contributed by atoms with van der Waals surface area (Å²) in [5, 5.41) is 22.7. The normalized spacial score (nSPS) is 11.2. The molecular formula is C49H88Br4N8O20. The Balaban J connectivity index is 5.41. The summed E-state index contributed by atoms with van der Waals surface area (Å²) in [5.41, 5.74) is -1.03. The number of carbonyl (C=O) groups excluding carboxylic acids is 8. The van der Waals surface area contributed by atoms with Crippen LogP contribution >= 0.6 is 63.7 Å². The molecule has 8 N–H and O–H groups in total. The highest BCUT2D eigenvalue weighted by Crippen LogP contribution is 2.22. The highest BCUT2D eigenvalue weighted by molar-refractivity contribution is 9.10. The van der Waals surface area contributed by atoms with Gasteiger partial charge in [-0.1, -0.05) is 63.7 Å². The van der Waals surface area contributed by atoms with Crippen LogP contribution in [0.4, 0.5) is 0 Å². The van der Waals surface area contributed by atoms with Gasteiger partial charge in [-0.25, -0.2) is 0 Å². The third-order valence-electron chi connectivity index (χ3n) is 10.0. The number of ether oxygens (including phenoxy) is 12. The molecule has 0 aliphatic heterocycles. The molecule has 32 heteroatoms. The summed E-state index contributed by atoms with van der Waals surface area (Å²) in [5.74, 6) is -1.65. The van der Waals surface area contributed by atoms with Crippen LogP contribution in [0.3, 0.4) is 0 Å². The second-order valence-electron chi connectivity index (χ2n) is 16.9. The minimum atomic E-state index is -1.03. The maximum Gasteiger partial charge on any atom is 0.230 e. The molecule has 0 aliphatic rings. The molecule has 0 unspecified atom stereocenters. The molecule has 28 nitrogen and oxygen atoms in total. The number of amides is 8. The number of halogens is 4. The molecule has 0 aromatic rings. The fourth-order valence-electron chi connectivity index (χ4n) is 6.00. The molecule has 0 aliphatic carbocycles. The standard InChI is InChI=1S/C49H88Br4N8O20/c50-33-45(66)58-9-21-74-29-25-70-17-5-54-41(62)1-13-78-37-49(38-79-14-2-42(63)55-6-18-71-26-30-75-22-10-59-46(67)34-51,39-80-15-3-43(64)56-7-19-72-27-31-76-23-11-60-47(68)35-52)40-81-16-4-44(65)57-8-20-73-28-32-77-24-12-61-48(69)36-53/h1-40H2,(H,54,62)(H,55,63)(H,56,64)(H,57,65)(H,58,66)(H,59,67)(H,60,68)(H,61,69). The number of alkyl halides is 4. The van der Waals surface area contributed by atoms with E-state index in [1.165, 1.54) is 0 Å². The predicted molar refractivity (Wildman–Crippen MR) is 310 cm³/mol. The van der Waals surface area contributed by atoms with E-state index in [0.29, 0.717) is 105 Å². The Morgan fingerprint density at radius 2 is 0.383 bits per heavy atom. The summed E-state index contributed by atoms with van der Waals surface area (Å²) >= 11 is 12.3. The van der Waals surface area contributed by atoms with E-state index in [-0.39, 0.29) is 200 Å². The molecule has 0 fully saturated rings. The van der Waals surface area contributed by atoms with E-state index in [4.69, 9.17) is 56.8 Å². The first kappa shape index (κ1) is 78.2. The van der Waals surface area contributed by atoms with Crippen LogP contribution in [0.1, 0.15) is 25.7 Å². The van der Waals surface area contributed by atoms with Crippen molar-refractivity contribution in [3.05, 3.63) is 0 Å². The van der Waals surface area contributed by atoms with E-state index in [1.54, 1.807) is 0 Å². The van der Waals surface area contributed by atoms with Crippen molar-refractivity contribution in [3.63, 3.8) is 0 Å². The lowest BCUT2D eigenvalue weighted by atomic mass is 9.92. The van der Waals surface area contributed by atoms with Crippen molar-refractivity contribution in [1.29, 1.82) is 0 Å². The summed E-state index contributed by atoms with van der Waals surface area (Å²) in [6.07, 6.45) is 0.0492. The van der Waals surface area contributed by atoms with E-state index in [9.17, 15) is 38.4 Å². The van der Waals surface area contributed by atoms with Gasteiger partial charge < -0.3 is 99.4 Å². The van der Waals surface area contributed by atoms with Crippen molar-refractivity contribution in [3.8, 4) is 0 Å². The molecule has 0 rings (SSSR count). The summed E-state index contributed by atoms with van der Waals surface area (Å²) in [6.45, 7) is 7.34. The number of hydrogen-bond acceptors (Lipinski definition) is 20. The van der Waals surface area contributed by atoms with Crippen molar-refractivity contribution in [2.75, 3.05) is 232 Å². The monoisotopic (exact) mass is 1420 g/mol. The average Bonchev–Trinajstić information content (AvgIpc) is 3.47. The van der Waals surface area contributed by atoms with Crippen LogP contribution < -0.4 is 42.5 Å². The topological polar surface area (TPSA) is 344 Å². The summed E-state index contributed by atoms with van der Waals surface area (Å²) in [6, 6.07) is 0. The Kier molecular flexibility index (Phi) is 56.9. The smallest absolute Gasteiger partial charge is 0.230 e. The molecule has 0 bridgehead atoms. The number of nitrogens with one attached hydrogen (secondary N) is 8. The average molecular weight is 1430 g/mol. The highest BCUT2D eigenvalue weighted by Gasteiger charge is 2.33. The Morgan fingerprint density at radius 1 is 0.222 bits per heavy atom. The molecule has 0 saturated carbocycles. The van der Waals surface area contributed by atoms with Crippen molar-refractivity contribution in [2.24, 2.45) is 5.41 Å². The van der Waals surface area contributed by atoms with Crippen LogP contribution in [0.2, 0.25) is 0 Å². The minimum Gasteiger partial charge on any atom is -0.380 e. The highest BCUT2D eigenvalue weighted by atomic mass is 79.9. The molecule has 472 valence electrons. The molecule has 0 radical (unpaired) electrons. The molecule has 0 heterocycles. The third-order valence-corrected chi connectivity index (χ3v) is 12.1. The van der Waals surface area contributed by atoms with Gasteiger partial charge in [-0.3, -0.25) is 38.4 Å². The second-order valence-corrected chi connectivity index (χ2v) is 19.2. The van der Waals surface area contributed by atoms with E-state index in [2.05, 4.69) is 106 Å². The molecular weight excluding hydrogens is 1340 g/mol. The Bertz CT molecular complexity index is 1410. The van der Waals surface area contributed by atoms with Gasteiger partial charge in [0.2, 0.25) is 47.3 Å². The first-order chi connectivity index (χ1) is 39.4. The first-order valence-corrected chi connectivity index (χ1v) is 31.2. The van der Waals surface area contributed by atoms with Crippen LogP contribution in [0.5, 0.6) is 0 Å². The van der Waals surface area contributed by atoms with Gasteiger partial charge >= 0.3 is 0 Å². The maximum atomic E-state index is 12.7. The lowest BCUT2D eigenvalue weighted by Gasteiger charge is -2.33. The Labute approximate surface area is 509 Å².